The highest BCUT2D eigenvalue weighted by atomic mass is 19.1. The summed E-state index contributed by atoms with van der Waals surface area (Å²) in [7, 11) is 1.59. The van der Waals surface area contributed by atoms with Gasteiger partial charge in [-0.25, -0.2) is 4.39 Å². The van der Waals surface area contributed by atoms with Crippen LogP contribution in [0.25, 0.3) is 0 Å². The fourth-order valence-electron chi connectivity index (χ4n) is 2.51. The lowest BCUT2D eigenvalue weighted by atomic mass is 9.87. The summed E-state index contributed by atoms with van der Waals surface area (Å²) in [5.74, 6) is 0.132. The maximum absolute atomic E-state index is 13.2. The topological polar surface area (TPSA) is 55.5 Å². The standard InChI is InChI=1S/C17H20FNO2/c1-11-8-13(18)6-7-15(11)17(20)16(10-19)12-4-3-5-14(9-12)21-2/h3-9,16-17,20H,10,19H2,1-2H3. The number of ether oxygens (including phenoxy) is 1. The SMILES string of the molecule is COc1cccc(C(CN)C(O)c2ccc(F)cc2C)c1. The Morgan fingerprint density at radius 3 is 2.62 bits per heavy atom. The second-order valence-corrected chi connectivity index (χ2v) is 5.06. The van der Waals surface area contributed by atoms with Crippen molar-refractivity contribution in [3.8, 4) is 5.75 Å². The predicted octanol–water partition coefficient (Wildman–Crippen LogP) is 2.92. The van der Waals surface area contributed by atoms with Crippen molar-refractivity contribution in [3.63, 3.8) is 0 Å². The Morgan fingerprint density at radius 1 is 1.24 bits per heavy atom. The van der Waals surface area contributed by atoms with Gasteiger partial charge in [-0.1, -0.05) is 18.2 Å². The zero-order chi connectivity index (χ0) is 15.4. The Morgan fingerprint density at radius 2 is 2.00 bits per heavy atom. The van der Waals surface area contributed by atoms with Crippen LogP contribution >= 0.6 is 0 Å². The van der Waals surface area contributed by atoms with Gasteiger partial charge in [-0.05, 0) is 47.9 Å². The van der Waals surface area contributed by atoms with Crippen molar-refractivity contribution in [1.29, 1.82) is 0 Å². The lowest BCUT2D eigenvalue weighted by molar-refractivity contribution is 0.146. The van der Waals surface area contributed by atoms with Crippen LogP contribution in [0, 0.1) is 12.7 Å². The Balaban J connectivity index is 2.35. The van der Waals surface area contributed by atoms with E-state index in [2.05, 4.69) is 0 Å². The number of aliphatic hydroxyl groups excluding tert-OH is 1. The second kappa shape index (κ2) is 6.70. The molecule has 112 valence electrons. The van der Waals surface area contributed by atoms with Gasteiger partial charge in [0.25, 0.3) is 0 Å². The van der Waals surface area contributed by atoms with Crippen molar-refractivity contribution in [3.05, 3.63) is 65.0 Å². The Bertz CT molecular complexity index is 615. The van der Waals surface area contributed by atoms with Crippen LogP contribution < -0.4 is 10.5 Å². The smallest absolute Gasteiger partial charge is 0.123 e. The van der Waals surface area contributed by atoms with Gasteiger partial charge in [0, 0.05) is 12.5 Å². The van der Waals surface area contributed by atoms with Crippen LogP contribution in [0.5, 0.6) is 5.75 Å². The third-order valence-electron chi connectivity index (χ3n) is 3.71. The summed E-state index contributed by atoms with van der Waals surface area (Å²) in [6, 6.07) is 11.8. The largest absolute Gasteiger partial charge is 0.497 e. The van der Waals surface area contributed by atoms with E-state index in [1.807, 2.05) is 24.3 Å². The molecule has 0 heterocycles. The molecular formula is C17H20FNO2. The highest BCUT2D eigenvalue weighted by molar-refractivity contribution is 5.36. The van der Waals surface area contributed by atoms with Crippen molar-refractivity contribution in [2.24, 2.45) is 5.73 Å². The minimum atomic E-state index is -0.789. The molecule has 2 atom stereocenters. The minimum Gasteiger partial charge on any atom is -0.497 e. The normalized spacial score (nSPS) is 13.8. The first-order chi connectivity index (χ1) is 10.1. The van der Waals surface area contributed by atoms with Gasteiger partial charge in [0.05, 0.1) is 13.2 Å². The summed E-state index contributed by atoms with van der Waals surface area (Å²) >= 11 is 0. The molecule has 21 heavy (non-hydrogen) atoms. The molecule has 2 rings (SSSR count). The molecule has 0 amide bonds. The van der Waals surface area contributed by atoms with E-state index in [0.29, 0.717) is 16.9 Å². The van der Waals surface area contributed by atoms with E-state index in [1.54, 1.807) is 20.1 Å². The summed E-state index contributed by atoms with van der Waals surface area (Å²) in [5, 5.41) is 10.6. The number of nitrogens with two attached hydrogens (primary N) is 1. The molecule has 0 aliphatic heterocycles. The molecule has 3 nitrogen and oxygen atoms in total. The number of aliphatic hydroxyl groups is 1. The fraction of sp³-hybridized carbons (Fsp3) is 0.294. The van der Waals surface area contributed by atoms with Gasteiger partial charge in [0.1, 0.15) is 11.6 Å². The van der Waals surface area contributed by atoms with Crippen LogP contribution in [0.1, 0.15) is 28.7 Å². The first-order valence-electron chi connectivity index (χ1n) is 6.85. The van der Waals surface area contributed by atoms with Crippen LogP contribution in [-0.4, -0.2) is 18.8 Å². The first-order valence-corrected chi connectivity index (χ1v) is 6.85. The quantitative estimate of drug-likeness (QED) is 0.890. The van der Waals surface area contributed by atoms with Gasteiger partial charge in [0.15, 0.2) is 0 Å². The number of hydrogen-bond acceptors (Lipinski definition) is 3. The maximum Gasteiger partial charge on any atom is 0.123 e. The molecule has 4 heteroatoms. The van der Waals surface area contributed by atoms with Crippen LogP contribution in [0.3, 0.4) is 0 Å². The summed E-state index contributed by atoms with van der Waals surface area (Å²) in [6.07, 6.45) is -0.789. The van der Waals surface area contributed by atoms with Gasteiger partial charge in [-0.15, -0.1) is 0 Å². The van der Waals surface area contributed by atoms with E-state index < -0.39 is 6.10 Å². The van der Waals surface area contributed by atoms with Crippen molar-refractivity contribution < 1.29 is 14.2 Å². The monoisotopic (exact) mass is 289 g/mol. The molecule has 0 aromatic heterocycles. The number of halogens is 1. The molecular weight excluding hydrogens is 269 g/mol. The van der Waals surface area contributed by atoms with Crippen molar-refractivity contribution in [2.75, 3.05) is 13.7 Å². The van der Waals surface area contributed by atoms with Crippen molar-refractivity contribution in [2.45, 2.75) is 18.9 Å². The van der Waals surface area contributed by atoms with Gasteiger partial charge < -0.3 is 15.6 Å². The van der Waals surface area contributed by atoms with E-state index in [0.717, 1.165) is 5.56 Å². The van der Waals surface area contributed by atoms with Crippen LogP contribution in [0.2, 0.25) is 0 Å². The number of aryl methyl sites for hydroxylation is 1. The van der Waals surface area contributed by atoms with Crippen LogP contribution in [0.4, 0.5) is 4.39 Å². The molecule has 0 saturated heterocycles. The molecule has 2 unspecified atom stereocenters. The van der Waals surface area contributed by atoms with Crippen molar-refractivity contribution in [1.82, 2.24) is 0 Å². The van der Waals surface area contributed by atoms with E-state index in [4.69, 9.17) is 10.5 Å². The molecule has 0 fully saturated rings. The molecule has 2 aromatic carbocycles. The summed E-state index contributed by atoms with van der Waals surface area (Å²) < 4.78 is 18.4. The van der Waals surface area contributed by atoms with E-state index in [9.17, 15) is 9.50 Å². The summed E-state index contributed by atoms with van der Waals surface area (Å²) in [4.78, 5) is 0. The molecule has 3 N–H and O–H groups in total. The summed E-state index contributed by atoms with van der Waals surface area (Å²) in [5.41, 5.74) is 8.14. The molecule has 0 radical (unpaired) electrons. The third-order valence-corrected chi connectivity index (χ3v) is 3.71. The van der Waals surface area contributed by atoms with Gasteiger partial charge in [-0.3, -0.25) is 0 Å². The number of rotatable bonds is 5. The number of hydrogen-bond donors (Lipinski definition) is 2. The highest BCUT2D eigenvalue weighted by Crippen LogP contribution is 2.33. The zero-order valence-electron chi connectivity index (χ0n) is 12.2. The Hall–Kier alpha value is -1.91. The maximum atomic E-state index is 13.2. The van der Waals surface area contributed by atoms with Crippen LogP contribution in [-0.2, 0) is 0 Å². The van der Waals surface area contributed by atoms with Crippen molar-refractivity contribution >= 4 is 0 Å². The average molecular weight is 289 g/mol. The van der Waals surface area contributed by atoms with E-state index in [1.165, 1.54) is 12.1 Å². The molecule has 0 spiro atoms. The lowest BCUT2D eigenvalue weighted by Crippen LogP contribution is -2.21. The fourth-order valence-corrected chi connectivity index (χ4v) is 2.51. The van der Waals surface area contributed by atoms with Gasteiger partial charge >= 0.3 is 0 Å². The van der Waals surface area contributed by atoms with Gasteiger partial charge in [0.2, 0.25) is 0 Å². The molecule has 2 aromatic rings. The number of benzene rings is 2. The highest BCUT2D eigenvalue weighted by Gasteiger charge is 2.23. The molecule has 0 aliphatic carbocycles. The molecule has 0 bridgehead atoms. The number of methoxy groups -OCH3 is 1. The minimum absolute atomic E-state index is 0.274. The molecule has 0 saturated carbocycles. The van der Waals surface area contributed by atoms with E-state index in [-0.39, 0.29) is 18.3 Å². The Kier molecular flexibility index (Phi) is 4.94. The van der Waals surface area contributed by atoms with E-state index >= 15 is 0 Å². The lowest BCUT2D eigenvalue weighted by Gasteiger charge is -2.24. The van der Waals surface area contributed by atoms with Crippen LogP contribution in [0.15, 0.2) is 42.5 Å². The first kappa shape index (κ1) is 15.5. The molecule has 0 aliphatic rings. The second-order valence-electron chi connectivity index (χ2n) is 5.06. The Labute approximate surface area is 124 Å². The zero-order valence-corrected chi connectivity index (χ0v) is 12.2. The third kappa shape index (κ3) is 3.40. The summed E-state index contributed by atoms with van der Waals surface area (Å²) in [6.45, 7) is 2.06. The predicted molar refractivity (Wildman–Crippen MR) is 80.9 cm³/mol. The van der Waals surface area contributed by atoms with Gasteiger partial charge in [-0.2, -0.15) is 0 Å². The average Bonchev–Trinajstić information content (AvgIpc) is 2.48.